The molecule has 0 bridgehead atoms. The summed E-state index contributed by atoms with van der Waals surface area (Å²) in [6.07, 6.45) is 2.32. The molecule has 1 fully saturated rings. The predicted molar refractivity (Wildman–Crippen MR) is 93.2 cm³/mol. The van der Waals surface area contributed by atoms with Gasteiger partial charge in [-0.1, -0.05) is 42.5 Å². The number of amides is 2. The van der Waals surface area contributed by atoms with Crippen LogP contribution in [0.2, 0.25) is 0 Å². The Kier molecular flexibility index (Phi) is 4.36. The molecule has 24 heavy (non-hydrogen) atoms. The SMILES string of the molecule is NC(=O)CC1(c2ccc(NC(=O)C(N)c3ccccc3)cc2)CC1. The molecule has 1 unspecified atom stereocenters. The van der Waals surface area contributed by atoms with E-state index in [0.717, 1.165) is 24.0 Å². The van der Waals surface area contributed by atoms with Crippen LogP contribution in [0.25, 0.3) is 0 Å². The molecule has 2 amide bonds. The summed E-state index contributed by atoms with van der Waals surface area (Å²) in [7, 11) is 0. The zero-order chi connectivity index (χ0) is 17.2. The fourth-order valence-corrected chi connectivity index (χ4v) is 2.99. The molecule has 1 atom stereocenters. The van der Waals surface area contributed by atoms with Crippen molar-refractivity contribution in [2.24, 2.45) is 11.5 Å². The molecular formula is C19H21N3O2. The van der Waals surface area contributed by atoms with E-state index < -0.39 is 6.04 Å². The molecule has 0 heterocycles. The predicted octanol–water partition coefficient (Wildman–Crippen LogP) is 2.23. The Morgan fingerprint density at radius 3 is 2.21 bits per heavy atom. The lowest BCUT2D eigenvalue weighted by molar-refractivity contribution is -0.119. The quantitative estimate of drug-likeness (QED) is 0.760. The summed E-state index contributed by atoms with van der Waals surface area (Å²) < 4.78 is 0. The number of anilines is 1. The number of carbonyl (C=O) groups excluding carboxylic acids is 2. The molecule has 0 radical (unpaired) electrons. The minimum absolute atomic E-state index is 0.102. The maximum atomic E-state index is 12.3. The molecule has 3 rings (SSSR count). The van der Waals surface area contributed by atoms with Gasteiger partial charge in [0.2, 0.25) is 11.8 Å². The Labute approximate surface area is 141 Å². The van der Waals surface area contributed by atoms with Crippen LogP contribution >= 0.6 is 0 Å². The number of carbonyl (C=O) groups is 2. The molecule has 5 nitrogen and oxygen atoms in total. The molecule has 0 saturated heterocycles. The van der Waals surface area contributed by atoms with Crippen molar-refractivity contribution in [3.05, 3.63) is 65.7 Å². The van der Waals surface area contributed by atoms with E-state index in [4.69, 9.17) is 11.5 Å². The largest absolute Gasteiger partial charge is 0.370 e. The zero-order valence-corrected chi connectivity index (χ0v) is 13.4. The second-order valence-corrected chi connectivity index (χ2v) is 6.38. The third-order valence-corrected chi connectivity index (χ3v) is 4.57. The van der Waals surface area contributed by atoms with Gasteiger partial charge >= 0.3 is 0 Å². The highest BCUT2D eigenvalue weighted by atomic mass is 16.2. The van der Waals surface area contributed by atoms with Crippen molar-refractivity contribution in [1.29, 1.82) is 0 Å². The second kappa shape index (κ2) is 6.45. The summed E-state index contributed by atoms with van der Waals surface area (Å²) in [5, 5.41) is 2.82. The minimum atomic E-state index is -0.712. The van der Waals surface area contributed by atoms with Crippen LogP contribution < -0.4 is 16.8 Å². The minimum Gasteiger partial charge on any atom is -0.370 e. The third kappa shape index (κ3) is 3.46. The Hall–Kier alpha value is -2.66. The normalized spacial score (nSPS) is 16.2. The van der Waals surface area contributed by atoms with E-state index in [9.17, 15) is 9.59 Å². The van der Waals surface area contributed by atoms with Gasteiger partial charge in [0.1, 0.15) is 6.04 Å². The first kappa shape index (κ1) is 16.2. The van der Waals surface area contributed by atoms with Crippen LogP contribution in [0.4, 0.5) is 5.69 Å². The highest BCUT2D eigenvalue weighted by molar-refractivity contribution is 5.95. The molecule has 0 aromatic heterocycles. The zero-order valence-electron chi connectivity index (χ0n) is 13.4. The number of primary amides is 1. The molecule has 0 aliphatic heterocycles. The highest BCUT2D eigenvalue weighted by Crippen LogP contribution is 2.51. The Morgan fingerprint density at radius 2 is 1.67 bits per heavy atom. The molecule has 1 saturated carbocycles. The molecule has 5 N–H and O–H groups in total. The standard InChI is InChI=1S/C19H21N3O2/c20-16(23)12-19(10-11-19)14-6-8-15(9-7-14)22-18(24)17(21)13-4-2-1-3-5-13/h1-9,17H,10-12,21H2,(H2,20,23)(H,22,24). The van der Waals surface area contributed by atoms with Crippen molar-refractivity contribution in [2.45, 2.75) is 30.7 Å². The second-order valence-electron chi connectivity index (χ2n) is 6.38. The summed E-state index contributed by atoms with van der Waals surface area (Å²) in [4.78, 5) is 23.5. The molecule has 1 aliphatic carbocycles. The average molecular weight is 323 g/mol. The molecule has 2 aromatic rings. The molecule has 5 heteroatoms. The average Bonchev–Trinajstić information content (AvgIpc) is 3.35. The van der Waals surface area contributed by atoms with E-state index in [0.29, 0.717) is 12.1 Å². The maximum absolute atomic E-state index is 12.3. The summed E-state index contributed by atoms with van der Waals surface area (Å²) in [5.41, 5.74) is 13.8. The van der Waals surface area contributed by atoms with Gasteiger partial charge in [-0.25, -0.2) is 0 Å². The summed E-state index contributed by atoms with van der Waals surface area (Å²) >= 11 is 0. The lowest BCUT2D eigenvalue weighted by Crippen LogP contribution is -2.27. The van der Waals surface area contributed by atoms with Crippen LogP contribution in [-0.2, 0) is 15.0 Å². The van der Waals surface area contributed by atoms with Crippen molar-refractivity contribution in [3.8, 4) is 0 Å². The topological polar surface area (TPSA) is 98.2 Å². The van der Waals surface area contributed by atoms with E-state index in [2.05, 4.69) is 5.32 Å². The van der Waals surface area contributed by atoms with E-state index in [1.54, 1.807) is 0 Å². The maximum Gasteiger partial charge on any atom is 0.245 e. The van der Waals surface area contributed by atoms with E-state index in [1.807, 2.05) is 54.6 Å². The van der Waals surface area contributed by atoms with E-state index >= 15 is 0 Å². The number of rotatable bonds is 6. The van der Waals surface area contributed by atoms with Crippen LogP contribution in [0.3, 0.4) is 0 Å². The van der Waals surface area contributed by atoms with Gasteiger partial charge in [-0.2, -0.15) is 0 Å². The first-order valence-corrected chi connectivity index (χ1v) is 8.00. The van der Waals surface area contributed by atoms with Gasteiger partial charge < -0.3 is 16.8 Å². The fourth-order valence-electron chi connectivity index (χ4n) is 2.99. The highest BCUT2D eigenvalue weighted by Gasteiger charge is 2.45. The summed E-state index contributed by atoms with van der Waals surface area (Å²) in [6.45, 7) is 0. The van der Waals surface area contributed by atoms with Crippen molar-refractivity contribution in [3.63, 3.8) is 0 Å². The number of benzene rings is 2. The van der Waals surface area contributed by atoms with E-state index in [-0.39, 0.29) is 17.2 Å². The lowest BCUT2D eigenvalue weighted by atomic mass is 9.92. The van der Waals surface area contributed by atoms with Crippen molar-refractivity contribution in [2.75, 3.05) is 5.32 Å². The van der Waals surface area contributed by atoms with Crippen LogP contribution in [0, 0.1) is 0 Å². The fraction of sp³-hybridized carbons (Fsp3) is 0.263. The number of hydrogen-bond acceptors (Lipinski definition) is 3. The van der Waals surface area contributed by atoms with Gasteiger partial charge in [-0.3, -0.25) is 9.59 Å². The van der Waals surface area contributed by atoms with Crippen LogP contribution in [0.15, 0.2) is 54.6 Å². The first-order valence-electron chi connectivity index (χ1n) is 8.00. The van der Waals surface area contributed by atoms with Gasteiger partial charge in [-0.05, 0) is 36.1 Å². The Balaban J connectivity index is 1.66. The Morgan fingerprint density at radius 1 is 1.04 bits per heavy atom. The van der Waals surface area contributed by atoms with Gasteiger partial charge in [0, 0.05) is 17.5 Å². The smallest absolute Gasteiger partial charge is 0.245 e. The molecule has 2 aromatic carbocycles. The van der Waals surface area contributed by atoms with Gasteiger partial charge in [0.15, 0.2) is 0 Å². The summed E-state index contributed by atoms with van der Waals surface area (Å²) in [5.74, 6) is -0.536. The number of nitrogens with one attached hydrogen (secondary N) is 1. The van der Waals surface area contributed by atoms with Crippen molar-refractivity contribution in [1.82, 2.24) is 0 Å². The van der Waals surface area contributed by atoms with Crippen molar-refractivity contribution >= 4 is 17.5 Å². The molecule has 0 spiro atoms. The lowest BCUT2D eigenvalue weighted by Gasteiger charge is -2.15. The van der Waals surface area contributed by atoms with Crippen molar-refractivity contribution < 1.29 is 9.59 Å². The number of hydrogen-bond donors (Lipinski definition) is 3. The van der Waals surface area contributed by atoms with E-state index in [1.165, 1.54) is 0 Å². The molecule has 124 valence electrons. The van der Waals surface area contributed by atoms with Gasteiger partial charge in [0.05, 0.1) is 0 Å². The third-order valence-electron chi connectivity index (χ3n) is 4.57. The number of nitrogens with two attached hydrogens (primary N) is 2. The van der Waals surface area contributed by atoms with Crippen LogP contribution in [0.5, 0.6) is 0 Å². The van der Waals surface area contributed by atoms with Gasteiger partial charge in [-0.15, -0.1) is 0 Å². The molecule has 1 aliphatic rings. The molecular weight excluding hydrogens is 302 g/mol. The monoisotopic (exact) mass is 323 g/mol. The first-order chi connectivity index (χ1) is 11.5. The van der Waals surface area contributed by atoms with Gasteiger partial charge in [0.25, 0.3) is 0 Å². The Bertz CT molecular complexity index is 737. The summed E-state index contributed by atoms with van der Waals surface area (Å²) in [6, 6.07) is 16.1. The van der Waals surface area contributed by atoms with Crippen LogP contribution in [-0.4, -0.2) is 11.8 Å². The van der Waals surface area contributed by atoms with Crippen LogP contribution in [0.1, 0.15) is 36.4 Å².